The Labute approximate surface area is 106 Å². The molecule has 1 N–H and O–H groups in total. The van der Waals surface area contributed by atoms with Gasteiger partial charge in [0.2, 0.25) is 0 Å². The molecule has 2 fully saturated rings. The van der Waals surface area contributed by atoms with E-state index in [0.29, 0.717) is 0 Å². The Morgan fingerprint density at radius 1 is 1.24 bits per heavy atom. The molecule has 2 nitrogen and oxygen atoms in total. The number of terminal acetylenes is 1. The van der Waals surface area contributed by atoms with Gasteiger partial charge in [-0.15, -0.1) is 6.42 Å². The summed E-state index contributed by atoms with van der Waals surface area (Å²) in [5, 5.41) is 3.62. The third-order valence-corrected chi connectivity index (χ3v) is 3.97. The molecule has 2 heteroatoms. The van der Waals surface area contributed by atoms with Crippen molar-refractivity contribution in [3.63, 3.8) is 0 Å². The van der Waals surface area contributed by atoms with Crippen LogP contribution < -0.4 is 5.32 Å². The summed E-state index contributed by atoms with van der Waals surface area (Å²) in [5.41, 5.74) is 0. The summed E-state index contributed by atoms with van der Waals surface area (Å²) in [6.07, 6.45) is 15.0. The van der Waals surface area contributed by atoms with E-state index >= 15 is 0 Å². The van der Waals surface area contributed by atoms with Crippen molar-refractivity contribution in [1.82, 2.24) is 10.2 Å². The summed E-state index contributed by atoms with van der Waals surface area (Å²) < 4.78 is 0. The standard InChI is InChI=1S/C15H26N2/c1-2-11-17(13-14-8-9-14)12-5-7-15-6-3-4-10-16-15/h1,14-16H,3-13H2. The largest absolute Gasteiger partial charge is 0.314 e. The molecule has 1 heterocycles. The second-order valence-corrected chi connectivity index (χ2v) is 5.67. The van der Waals surface area contributed by atoms with Gasteiger partial charge in [0.25, 0.3) is 0 Å². The van der Waals surface area contributed by atoms with Gasteiger partial charge in [0.1, 0.15) is 0 Å². The van der Waals surface area contributed by atoms with E-state index in [-0.39, 0.29) is 0 Å². The summed E-state index contributed by atoms with van der Waals surface area (Å²) in [6, 6.07) is 0.775. The Kier molecular flexibility index (Phi) is 5.35. The van der Waals surface area contributed by atoms with Crippen molar-refractivity contribution in [2.75, 3.05) is 26.2 Å². The SMILES string of the molecule is C#CCN(CCCC1CCCCN1)CC1CC1. The van der Waals surface area contributed by atoms with E-state index in [1.54, 1.807) is 0 Å². The molecule has 1 atom stereocenters. The first kappa shape index (κ1) is 12.9. The van der Waals surface area contributed by atoms with Crippen molar-refractivity contribution in [2.45, 2.75) is 51.0 Å². The molecule has 0 aromatic heterocycles. The summed E-state index contributed by atoms with van der Waals surface area (Å²) in [5.74, 6) is 3.75. The Morgan fingerprint density at radius 2 is 2.12 bits per heavy atom. The molecule has 1 aliphatic carbocycles. The fourth-order valence-corrected chi connectivity index (χ4v) is 2.76. The van der Waals surface area contributed by atoms with Gasteiger partial charge in [-0.05, 0) is 57.5 Å². The van der Waals surface area contributed by atoms with Gasteiger partial charge in [-0.25, -0.2) is 0 Å². The van der Waals surface area contributed by atoms with Gasteiger partial charge in [0.05, 0.1) is 6.54 Å². The normalized spacial score (nSPS) is 24.8. The quantitative estimate of drug-likeness (QED) is 0.680. The molecule has 96 valence electrons. The smallest absolute Gasteiger partial charge is 0.0599 e. The van der Waals surface area contributed by atoms with Crippen molar-refractivity contribution in [3.05, 3.63) is 0 Å². The minimum Gasteiger partial charge on any atom is -0.314 e. The van der Waals surface area contributed by atoms with Crippen LogP contribution in [0.1, 0.15) is 44.9 Å². The van der Waals surface area contributed by atoms with Crippen molar-refractivity contribution in [1.29, 1.82) is 0 Å². The molecule has 1 saturated carbocycles. The minimum absolute atomic E-state index is 0.775. The molecule has 1 saturated heterocycles. The zero-order valence-corrected chi connectivity index (χ0v) is 11.0. The maximum Gasteiger partial charge on any atom is 0.0599 e. The lowest BCUT2D eigenvalue weighted by molar-refractivity contribution is 0.274. The van der Waals surface area contributed by atoms with Gasteiger partial charge in [-0.2, -0.15) is 0 Å². The molecule has 0 aromatic carbocycles. The molecule has 0 bridgehead atoms. The minimum atomic E-state index is 0.775. The molecule has 0 spiro atoms. The van der Waals surface area contributed by atoms with Gasteiger partial charge >= 0.3 is 0 Å². The van der Waals surface area contributed by atoms with Crippen LogP contribution in [0.2, 0.25) is 0 Å². The van der Waals surface area contributed by atoms with Crippen LogP contribution in [0.3, 0.4) is 0 Å². The number of piperidine rings is 1. The Morgan fingerprint density at radius 3 is 2.76 bits per heavy atom. The highest BCUT2D eigenvalue weighted by molar-refractivity contribution is 4.90. The second kappa shape index (κ2) is 7.03. The second-order valence-electron chi connectivity index (χ2n) is 5.67. The Hall–Kier alpha value is -0.520. The average molecular weight is 234 g/mol. The third-order valence-electron chi connectivity index (χ3n) is 3.97. The lowest BCUT2D eigenvalue weighted by Gasteiger charge is -2.25. The lowest BCUT2D eigenvalue weighted by Crippen LogP contribution is -2.35. The summed E-state index contributed by atoms with van der Waals surface area (Å²) in [4.78, 5) is 2.47. The van der Waals surface area contributed by atoms with Crippen LogP contribution in [-0.2, 0) is 0 Å². The maximum atomic E-state index is 5.44. The van der Waals surface area contributed by atoms with Gasteiger partial charge in [-0.3, -0.25) is 4.90 Å². The zero-order valence-electron chi connectivity index (χ0n) is 11.0. The summed E-state index contributed by atoms with van der Waals surface area (Å²) in [6.45, 7) is 4.50. The molecular weight excluding hydrogens is 208 g/mol. The van der Waals surface area contributed by atoms with Crippen LogP contribution in [0.4, 0.5) is 0 Å². The summed E-state index contributed by atoms with van der Waals surface area (Å²) in [7, 11) is 0. The Bertz CT molecular complexity index is 246. The topological polar surface area (TPSA) is 15.3 Å². The molecule has 0 amide bonds. The first-order valence-corrected chi connectivity index (χ1v) is 7.27. The Balaban J connectivity index is 1.58. The first-order chi connectivity index (χ1) is 8.38. The molecular formula is C15H26N2. The highest BCUT2D eigenvalue weighted by Gasteiger charge is 2.23. The van der Waals surface area contributed by atoms with Crippen LogP contribution >= 0.6 is 0 Å². The van der Waals surface area contributed by atoms with Crippen LogP contribution in [-0.4, -0.2) is 37.1 Å². The molecule has 2 rings (SSSR count). The third kappa shape index (κ3) is 5.10. The van der Waals surface area contributed by atoms with Crippen LogP contribution in [0.5, 0.6) is 0 Å². The molecule has 1 unspecified atom stereocenters. The lowest BCUT2D eigenvalue weighted by atomic mass is 10.0. The van der Waals surface area contributed by atoms with E-state index in [2.05, 4.69) is 16.1 Å². The van der Waals surface area contributed by atoms with E-state index < -0.39 is 0 Å². The number of hydrogen-bond acceptors (Lipinski definition) is 2. The first-order valence-electron chi connectivity index (χ1n) is 7.27. The van der Waals surface area contributed by atoms with Crippen molar-refractivity contribution >= 4 is 0 Å². The molecule has 0 aromatic rings. The van der Waals surface area contributed by atoms with Gasteiger partial charge in [0, 0.05) is 12.6 Å². The van der Waals surface area contributed by atoms with Gasteiger partial charge in [-0.1, -0.05) is 12.3 Å². The van der Waals surface area contributed by atoms with E-state index in [9.17, 15) is 0 Å². The van der Waals surface area contributed by atoms with E-state index in [0.717, 1.165) is 18.5 Å². The zero-order chi connectivity index (χ0) is 11.9. The highest BCUT2D eigenvalue weighted by Crippen LogP contribution is 2.29. The number of hydrogen-bond donors (Lipinski definition) is 1. The molecule has 1 aliphatic heterocycles. The monoisotopic (exact) mass is 234 g/mol. The maximum absolute atomic E-state index is 5.44. The van der Waals surface area contributed by atoms with Crippen LogP contribution in [0, 0.1) is 18.3 Å². The summed E-state index contributed by atoms with van der Waals surface area (Å²) >= 11 is 0. The fourth-order valence-electron chi connectivity index (χ4n) is 2.76. The number of nitrogens with zero attached hydrogens (tertiary/aromatic N) is 1. The van der Waals surface area contributed by atoms with Crippen LogP contribution in [0.15, 0.2) is 0 Å². The molecule has 0 radical (unpaired) electrons. The molecule has 17 heavy (non-hydrogen) atoms. The van der Waals surface area contributed by atoms with Gasteiger partial charge in [0.15, 0.2) is 0 Å². The van der Waals surface area contributed by atoms with Crippen molar-refractivity contribution in [2.24, 2.45) is 5.92 Å². The van der Waals surface area contributed by atoms with Crippen molar-refractivity contribution in [3.8, 4) is 12.3 Å². The predicted octanol–water partition coefficient (Wildman–Crippen LogP) is 2.25. The van der Waals surface area contributed by atoms with E-state index in [1.165, 1.54) is 64.6 Å². The highest BCUT2D eigenvalue weighted by atomic mass is 15.1. The van der Waals surface area contributed by atoms with E-state index in [1.807, 2.05) is 0 Å². The van der Waals surface area contributed by atoms with E-state index in [4.69, 9.17) is 6.42 Å². The molecule has 2 aliphatic rings. The predicted molar refractivity (Wildman–Crippen MR) is 72.9 cm³/mol. The van der Waals surface area contributed by atoms with Crippen LogP contribution in [0.25, 0.3) is 0 Å². The van der Waals surface area contributed by atoms with Gasteiger partial charge < -0.3 is 5.32 Å². The number of rotatable bonds is 7. The fraction of sp³-hybridized carbons (Fsp3) is 0.867. The average Bonchev–Trinajstić information content (AvgIpc) is 3.15. The van der Waals surface area contributed by atoms with Crippen molar-refractivity contribution < 1.29 is 0 Å². The number of nitrogens with one attached hydrogen (secondary N) is 1.